The molecular formula is C36H40N4O6. The predicted molar refractivity (Wildman–Crippen MR) is 177 cm³/mol. The van der Waals surface area contributed by atoms with Crippen LogP contribution in [-0.2, 0) is 19.3 Å². The molecule has 3 aromatic carbocycles. The van der Waals surface area contributed by atoms with Crippen molar-refractivity contribution in [1.82, 2.24) is 19.7 Å². The normalized spacial score (nSPS) is 16.2. The molecule has 1 aliphatic rings. The Hall–Kier alpha value is -4.80. The summed E-state index contributed by atoms with van der Waals surface area (Å²) in [5, 5.41) is 13.7. The largest absolute Gasteiger partial charge is 0.490 e. The molecule has 0 spiro atoms. The lowest BCUT2D eigenvalue weighted by atomic mass is 9.95. The van der Waals surface area contributed by atoms with Crippen LogP contribution in [0.2, 0.25) is 0 Å². The molecule has 0 bridgehead atoms. The highest BCUT2D eigenvalue weighted by atomic mass is 16.5. The van der Waals surface area contributed by atoms with Crippen molar-refractivity contribution in [2.24, 2.45) is 0 Å². The number of rotatable bonds is 10. The van der Waals surface area contributed by atoms with Crippen molar-refractivity contribution < 1.29 is 19.8 Å². The molecule has 0 aliphatic heterocycles. The van der Waals surface area contributed by atoms with E-state index >= 15 is 0 Å². The zero-order valence-corrected chi connectivity index (χ0v) is 26.2. The van der Waals surface area contributed by atoms with Gasteiger partial charge in [0.15, 0.2) is 5.82 Å². The lowest BCUT2D eigenvalue weighted by Crippen LogP contribution is -2.29. The molecule has 0 radical (unpaired) electrons. The lowest BCUT2D eigenvalue weighted by Gasteiger charge is -2.26. The van der Waals surface area contributed by atoms with Crippen LogP contribution in [0.4, 0.5) is 0 Å². The number of aromatic amines is 1. The number of aryl methyl sites for hydroxylation is 2. The van der Waals surface area contributed by atoms with Gasteiger partial charge in [0.1, 0.15) is 11.6 Å². The van der Waals surface area contributed by atoms with Crippen molar-refractivity contribution in [3.8, 4) is 34.0 Å². The monoisotopic (exact) mass is 624 g/mol. The van der Waals surface area contributed by atoms with E-state index < -0.39 is 5.76 Å². The fourth-order valence-corrected chi connectivity index (χ4v) is 6.10. The summed E-state index contributed by atoms with van der Waals surface area (Å²) in [6.07, 6.45) is 5.76. The van der Waals surface area contributed by atoms with Crippen LogP contribution < -0.4 is 16.1 Å². The summed E-state index contributed by atoms with van der Waals surface area (Å²) in [5.41, 5.74) is 5.88. The number of nitrogens with one attached hydrogen (secondary N) is 1. The van der Waals surface area contributed by atoms with E-state index in [1.165, 1.54) is 0 Å². The number of nitrogens with zero attached hydrogens (tertiary/aromatic N) is 3. The Bertz CT molecular complexity index is 1870. The van der Waals surface area contributed by atoms with Gasteiger partial charge in [-0.25, -0.2) is 9.78 Å². The van der Waals surface area contributed by atoms with Crippen molar-refractivity contribution in [3.63, 3.8) is 0 Å². The van der Waals surface area contributed by atoms with Crippen molar-refractivity contribution in [2.75, 3.05) is 0 Å². The van der Waals surface area contributed by atoms with Gasteiger partial charge in [0.2, 0.25) is 0 Å². The number of aliphatic hydroxyl groups is 1. The molecule has 1 aliphatic carbocycles. The van der Waals surface area contributed by atoms with Gasteiger partial charge in [0.25, 0.3) is 5.56 Å². The minimum absolute atomic E-state index is 0. The van der Waals surface area contributed by atoms with E-state index in [2.05, 4.69) is 17.1 Å². The van der Waals surface area contributed by atoms with Gasteiger partial charge in [0, 0.05) is 24.0 Å². The molecule has 4 N–H and O–H groups in total. The van der Waals surface area contributed by atoms with Gasteiger partial charge in [-0.05, 0) is 73.1 Å². The number of aromatic nitrogens is 4. The Morgan fingerprint density at radius 2 is 1.63 bits per heavy atom. The van der Waals surface area contributed by atoms with Crippen molar-refractivity contribution in [2.45, 2.75) is 77.4 Å². The number of aliphatic hydroxyl groups excluding tert-OH is 1. The van der Waals surface area contributed by atoms with Gasteiger partial charge in [-0.2, -0.15) is 0 Å². The standard InChI is InChI=1S/C36H38N4O5.H2O/c1-3-7-32-31(22-23-10-12-24(13-11-23)29-8-5-6-9-30(29)34-38-36(43)45-39-34)35(42)40(33(4-2)37-32)25-14-18-27(19-15-25)44-28-20-16-26(41)17-21-28;/h5-6,8-15,18-19,26,28,41H,3-4,7,16-17,20-22H2,1-2H3,(H,38,39,43);1H2. The molecule has 2 aromatic heterocycles. The number of ether oxygens (including phenoxy) is 1. The van der Waals surface area contributed by atoms with Gasteiger partial charge in [0.05, 0.1) is 23.6 Å². The Balaban J connectivity index is 0.00000417. The van der Waals surface area contributed by atoms with Gasteiger partial charge < -0.3 is 15.3 Å². The molecule has 10 heteroatoms. The molecule has 0 atom stereocenters. The second-order valence-electron chi connectivity index (χ2n) is 11.6. The van der Waals surface area contributed by atoms with Crippen LogP contribution in [0.3, 0.4) is 0 Å². The van der Waals surface area contributed by atoms with E-state index in [1.54, 1.807) is 4.57 Å². The van der Waals surface area contributed by atoms with Crippen LogP contribution in [0.15, 0.2) is 86.9 Å². The third-order valence-corrected chi connectivity index (χ3v) is 8.44. The minimum Gasteiger partial charge on any atom is -0.490 e. The summed E-state index contributed by atoms with van der Waals surface area (Å²) in [7, 11) is 0. The minimum atomic E-state index is -0.600. The third kappa shape index (κ3) is 7.03. The summed E-state index contributed by atoms with van der Waals surface area (Å²) in [6.45, 7) is 4.12. The maximum absolute atomic E-state index is 14.2. The molecule has 0 saturated heterocycles. The number of hydrogen-bond donors (Lipinski definition) is 2. The van der Waals surface area contributed by atoms with Crippen molar-refractivity contribution in [3.05, 3.63) is 116 Å². The van der Waals surface area contributed by atoms with Crippen LogP contribution in [0, 0.1) is 0 Å². The van der Waals surface area contributed by atoms with E-state index in [0.717, 1.165) is 83.7 Å². The fourth-order valence-electron chi connectivity index (χ4n) is 6.10. The SMILES string of the molecule is CCCc1nc(CC)n(-c2ccc(OC3CCC(O)CC3)cc2)c(=O)c1Cc1ccc(-c2ccccc2-c2noc(=O)[nH]2)cc1.O. The first-order valence-electron chi connectivity index (χ1n) is 15.8. The maximum Gasteiger partial charge on any atom is 0.439 e. The second kappa shape index (κ2) is 14.5. The molecule has 10 nitrogen and oxygen atoms in total. The predicted octanol–water partition coefficient (Wildman–Crippen LogP) is 5.21. The lowest BCUT2D eigenvalue weighted by molar-refractivity contribution is 0.0666. The van der Waals surface area contributed by atoms with Gasteiger partial charge in [-0.1, -0.05) is 74.0 Å². The Morgan fingerprint density at radius 3 is 2.26 bits per heavy atom. The van der Waals surface area contributed by atoms with E-state index in [9.17, 15) is 14.7 Å². The Kier molecular flexibility index (Phi) is 10.3. The zero-order valence-electron chi connectivity index (χ0n) is 26.2. The highest BCUT2D eigenvalue weighted by Gasteiger charge is 2.21. The van der Waals surface area contributed by atoms with Crippen LogP contribution >= 0.6 is 0 Å². The van der Waals surface area contributed by atoms with Crippen molar-refractivity contribution in [1.29, 1.82) is 0 Å². The van der Waals surface area contributed by atoms with E-state index in [0.29, 0.717) is 24.2 Å². The maximum atomic E-state index is 14.2. The molecule has 6 rings (SSSR count). The summed E-state index contributed by atoms with van der Waals surface area (Å²) in [5.74, 6) is 1.27. The molecule has 240 valence electrons. The third-order valence-electron chi connectivity index (χ3n) is 8.44. The molecule has 0 unspecified atom stereocenters. The van der Waals surface area contributed by atoms with E-state index in [-0.39, 0.29) is 23.2 Å². The highest BCUT2D eigenvalue weighted by molar-refractivity contribution is 5.80. The molecule has 0 amide bonds. The number of benzene rings is 3. The van der Waals surface area contributed by atoms with Gasteiger partial charge in [-0.15, -0.1) is 0 Å². The van der Waals surface area contributed by atoms with Crippen molar-refractivity contribution >= 4 is 0 Å². The molecule has 2 heterocycles. The first-order valence-corrected chi connectivity index (χ1v) is 15.8. The summed E-state index contributed by atoms with van der Waals surface area (Å²) in [4.78, 5) is 33.4. The molecule has 1 saturated carbocycles. The smallest absolute Gasteiger partial charge is 0.439 e. The topological polar surface area (TPSA) is 155 Å². The zero-order chi connectivity index (χ0) is 31.3. The molecule has 46 heavy (non-hydrogen) atoms. The first kappa shape index (κ1) is 32.6. The second-order valence-corrected chi connectivity index (χ2v) is 11.6. The van der Waals surface area contributed by atoms with Crippen LogP contribution in [0.25, 0.3) is 28.2 Å². The quantitative estimate of drug-likeness (QED) is 0.216. The number of H-pyrrole nitrogens is 1. The van der Waals surface area contributed by atoms with E-state index in [1.807, 2.05) is 79.7 Å². The van der Waals surface area contributed by atoms with E-state index in [4.69, 9.17) is 14.2 Å². The first-order chi connectivity index (χ1) is 21.9. The highest BCUT2D eigenvalue weighted by Crippen LogP contribution is 2.30. The van der Waals surface area contributed by atoms with Crippen LogP contribution in [-0.4, -0.2) is 42.5 Å². The summed E-state index contributed by atoms with van der Waals surface area (Å²) in [6, 6.07) is 23.4. The molecule has 1 fully saturated rings. The fraction of sp³-hybridized carbons (Fsp3) is 0.333. The van der Waals surface area contributed by atoms with Crippen LogP contribution in [0.5, 0.6) is 5.75 Å². The molecule has 5 aromatic rings. The molecular weight excluding hydrogens is 584 g/mol. The average molecular weight is 625 g/mol. The van der Waals surface area contributed by atoms with Gasteiger partial charge >= 0.3 is 5.76 Å². The summed E-state index contributed by atoms with van der Waals surface area (Å²) < 4.78 is 12.6. The Labute approximate surface area is 267 Å². The Morgan fingerprint density at radius 1 is 0.935 bits per heavy atom. The van der Waals surface area contributed by atoms with Crippen LogP contribution in [0.1, 0.15) is 68.6 Å². The summed E-state index contributed by atoms with van der Waals surface area (Å²) >= 11 is 0. The van der Waals surface area contributed by atoms with Gasteiger partial charge in [-0.3, -0.25) is 18.9 Å². The number of hydrogen-bond acceptors (Lipinski definition) is 7. The average Bonchev–Trinajstić information content (AvgIpc) is 3.50.